The molecule has 0 bridgehead atoms. The number of anilines is 3. The van der Waals surface area contributed by atoms with E-state index in [1.165, 1.54) is 31.5 Å². The first-order valence-electron chi connectivity index (χ1n) is 8.42. The average Bonchev–Trinajstić information content (AvgIpc) is 3.19. The van der Waals surface area contributed by atoms with Gasteiger partial charge in [0.25, 0.3) is 0 Å². The number of aromatic nitrogens is 4. The number of methoxy groups -OCH3 is 1. The Bertz CT molecular complexity index is 1250. The van der Waals surface area contributed by atoms with Gasteiger partial charge < -0.3 is 15.2 Å². The highest BCUT2D eigenvalue weighted by molar-refractivity contribution is 6.31. The number of ether oxygens (including phenoxy) is 1. The Labute approximate surface area is 173 Å². The Hall–Kier alpha value is -3.99. The summed E-state index contributed by atoms with van der Waals surface area (Å²) in [5.74, 6) is 0.0899. The number of nitrogens with one attached hydrogen (secondary N) is 2. The zero-order chi connectivity index (χ0) is 21.1. The molecule has 0 saturated carbocycles. The number of halogens is 2. The van der Waals surface area contributed by atoms with Crippen molar-refractivity contribution in [3.63, 3.8) is 0 Å². The summed E-state index contributed by atoms with van der Waals surface area (Å²) in [4.78, 5) is 8.52. The van der Waals surface area contributed by atoms with Gasteiger partial charge in [0, 0.05) is 11.3 Å². The van der Waals surface area contributed by atoms with Crippen LogP contribution in [0, 0.1) is 5.82 Å². The maximum atomic E-state index is 13.4. The van der Waals surface area contributed by atoms with Crippen LogP contribution in [0.1, 0.15) is 5.56 Å². The number of benzene rings is 2. The highest BCUT2D eigenvalue weighted by Crippen LogP contribution is 2.29. The van der Waals surface area contributed by atoms with Crippen LogP contribution in [-0.4, -0.2) is 38.7 Å². The van der Waals surface area contributed by atoms with Crippen LogP contribution in [0.15, 0.2) is 46.1 Å². The molecule has 30 heavy (non-hydrogen) atoms. The molecule has 0 unspecified atom stereocenters. The molecule has 0 fully saturated rings. The minimum Gasteiger partial charge on any atom is -0.504 e. The van der Waals surface area contributed by atoms with E-state index in [9.17, 15) is 9.50 Å². The van der Waals surface area contributed by atoms with Gasteiger partial charge in [-0.1, -0.05) is 17.7 Å². The van der Waals surface area contributed by atoms with Crippen molar-refractivity contribution in [3.8, 4) is 11.5 Å². The molecule has 0 aliphatic heterocycles. The summed E-state index contributed by atoms with van der Waals surface area (Å²) in [6, 6.07) is 9.07. The number of fused-ring (bicyclic) bond motifs is 1. The summed E-state index contributed by atoms with van der Waals surface area (Å²) in [5.41, 5.74) is 3.91. The summed E-state index contributed by atoms with van der Waals surface area (Å²) in [6.07, 6.45) is 1.38. The summed E-state index contributed by atoms with van der Waals surface area (Å²) in [7, 11) is 1.45. The molecule has 12 heteroatoms. The van der Waals surface area contributed by atoms with Crippen LogP contribution in [0.5, 0.6) is 11.5 Å². The number of nitrogens with zero attached hydrogens (tertiary/aromatic N) is 5. The van der Waals surface area contributed by atoms with Crippen LogP contribution >= 0.6 is 11.6 Å². The fourth-order valence-electron chi connectivity index (χ4n) is 2.48. The van der Waals surface area contributed by atoms with Gasteiger partial charge in [-0.05, 0) is 40.6 Å². The molecule has 0 aliphatic carbocycles. The normalized spacial score (nSPS) is 11.2. The lowest BCUT2D eigenvalue weighted by atomic mass is 10.2. The Balaban J connectivity index is 1.64. The van der Waals surface area contributed by atoms with Gasteiger partial charge in [-0.25, -0.2) is 14.0 Å². The van der Waals surface area contributed by atoms with Crippen molar-refractivity contribution in [2.75, 3.05) is 17.9 Å². The predicted octanol–water partition coefficient (Wildman–Crippen LogP) is 3.71. The molecule has 2 aromatic heterocycles. The molecule has 3 N–H and O–H groups in total. The third-order valence-corrected chi connectivity index (χ3v) is 4.21. The molecule has 4 rings (SSSR count). The fraction of sp³-hybridized carbons (Fsp3) is 0.0556. The summed E-state index contributed by atoms with van der Waals surface area (Å²) < 4.78 is 23.1. The van der Waals surface area contributed by atoms with E-state index in [1.54, 1.807) is 18.2 Å². The van der Waals surface area contributed by atoms with Crippen LogP contribution < -0.4 is 15.5 Å². The molecular formula is C18H13ClFN7O3. The predicted molar refractivity (Wildman–Crippen MR) is 108 cm³/mol. The smallest absolute Gasteiger partial charge is 0.245 e. The number of phenolic OH excluding ortho intramolecular Hbond substituents is 1. The van der Waals surface area contributed by atoms with Gasteiger partial charge in [0.2, 0.25) is 11.3 Å². The third-order valence-electron chi connectivity index (χ3n) is 3.92. The molecule has 0 saturated heterocycles. The third kappa shape index (κ3) is 3.91. The highest BCUT2D eigenvalue weighted by Gasteiger charge is 2.13. The van der Waals surface area contributed by atoms with Gasteiger partial charge in [-0.2, -0.15) is 10.1 Å². The number of hydrogen-bond donors (Lipinski definition) is 3. The number of hydrogen-bond acceptors (Lipinski definition) is 10. The van der Waals surface area contributed by atoms with Crippen molar-refractivity contribution in [1.82, 2.24) is 20.3 Å². The minimum absolute atomic E-state index is 0.0572. The fourth-order valence-corrected chi connectivity index (χ4v) is 2.67. The van der Waals surface area contributed by atoms with Gasteiger partial charge in [0.05, 0.1) is 18.3 Å². The van der Waals surface area contributed by atoms with E-state index in [0.717, 1.165) is 0 Å². The van der Waals surface area contributed by atoms with Crippen LogP contribution in [0.4, 0.5) is 21.7 Å². The number of para-hydroxylation sites is 1. The van der Waals surface area contributed by atoms with Crippen molar-refractivity contribution in [3.05, 3.63) is 52.8 Å². The monoisotopic (exact) mass is 429 g/mol. The van der Waals surface area contributed by atoms with E-state index in [-0.39, 0.29) is 33.7 Å². The number of phenols is 1. The van der Waals surface area contributed by atoms with Crippen molar-refractivity contribution in [2.45, 2.75) is 0 Å². The van der Waals surface area contributed by atoms with Crippen LogP contribution in [0.3, 0.4) is 0 Å². The topological polar surface area (TPSA) is 131 Å². The Morgan fingerprint density at radius 2 is 1.93 bits per heavy atom. The van der Waals surface area contributed by atoms with Gasteiger partial charge >= 0.3 is 0 Å². The maximum Gasteiger partial charge on any atom is 0.245 e. The van der Waals surface area contributed by atoms with E-state index >= 15 is 0 Å². The number of hydrazone groups is 1. The lowest BCUT2D eigenvalue weighted by Crippen LogP contribution is -2.03. The zero-order valence-electron chi connectivity index (χ0n) is 15.3. The lowest BCUT2D eigenvalue weighted by Gasteiger charge is -2.10. The second-order valence-electron chi connectivity index (χ2n) is 5.85. The van der Waals surface area contributed by atoms with Crippen LogP contribution in [0.25, 0.3) is 11.3 Å². The molecule has 0 aliphatic rings. The van der Waals surface area contributed by atoms with Gasteiger partial charge in [0.15, 0.2) is 23.1 Å². The van der Waals surface area contributed by atoms with Crippen LogP contribution in [-0.2, 0) is 0 Å². The van der Waals surface area contributed by atoms with Gasteiger partial charge in [-0.3, -0.25) is 5.43 Å². The largest absolute Gasteiger partial charge is 0.504 e. The van der Waals surface area contributed by atoms with Gasteiger partial charge in [0.1, 0.15) is 5.82 Å². The molecule has 0 radical (unpaired) electrons. The molecule has 2 aromatic carbocycles. The second-order valence-corrected chi connectivity index (χ2v) is 6.26. The van der Waals surface area contributed by atoms with Crippen molar-refractivity contribution >= 4 is 46.4 Å². The van der Waals surface area contributed by atoms with Crippen LogP contribution in [0.2, 0.25) is 5.02 Å². The molecule has 0 atom stereocenters. The Kier molecular flexibility index (Phi) is 5.26. The summed E-state index contributed by atoms with van der Waals surface area (Å²) in [6.45, 7) is 0. The van der Waals surface area contributed by atoms with E-state index in [0.29, 0.717) is 17.0 Å². The second kappa shape index (κ2) is 8.17. The highest BCUT2D eigenvalue weighted by atomic mass is 35.5. The molecular weight excluding hydrogens is 417 g/mol. The van der Waals surface area contributed by atoms with Crippen molar-refractivity contribution < 1.29 is 18.9 Å². The number of aromatic hydroxyl groups is 1. The summed E-state index contributed by atoms with van der Waals surface area (Å²) >= 11 is 5.83. The Morgan fingerprint density at radius 1 is 1.17 bits per heavy atom. The molecule has 10 nitrogen and oxygen atoms in total. The maximum absolute atomic E-state index is 13.4. The van der Waals surface area contributed by atoms with Crippen molar-refractivity contribution in [1.29, 1.82) is 0 Å². The molecule has 0 amide bonds. The minimum atomic E-state index is -0.550. The molecule has 4 aromatic rings. The molecule has 152 valence electrons. The SMILES string of the molecule is COc1cccc(C=NNc2nc3nonc3nc2Nc2ccc(F)c(Cl)c2)c1O. The summed E-state index contributed by atoms with van der Waals surface area (Å²) in [5, 5.41) is 24.4. The zero-order valence-corrected chi connectivity index (χ0v) is 16.1. The first kappa shape index (κ1) is 19.3. The van der Waals surface area contributed by atoms with E-state index in [4.69, 9.17) is 16.3 Å². The lowest BCUT2D eigenvalue weighted by molar-refractivity contribution is 0.314. The number of rotatable bonds is 6. The van der Waals surface area contributed by atoms with Crippen molar-refractivity contribution in [2.24, 2.45) is 5.10 Å². The van der Waals surface area contributed by atoms with E-state index < -0.39 is 5.82 Å². The quantitative estimate of drug-likeness (QED) is 0.310. The molecule has 0 spiro atoms. The average molecular weight is 430 g/mol. The first-order chi connectivity index (χ1) is 14.5. The first-order valence-corrected chi connectivity index (χ1v) is 8.80. The van der Waals surface area contributed by atoms with Gasteiger partial charge in [-0.15, -0.1) is 0 Å². The molecule has 2 heterocycles. The standard InChI is InChI=1S/C18H13ClFN7O3/c1-29-13-4-2-3-9(14(13)28)8-21-25-16-15(23-17-18(24-16)27-30-26-17)22-10-5-6-12(20)11(19)7-10/h2-8,28H,1H3,(H,22,23,26)(H,24,25,27). The van der Waals surface area contributed by atoms with E-state index in [1.807, 2.05) is 0 Å². The van der Waals surface area contributed by atoms with E-state index in [2.05, 4.69) is 40.8 Å². The Morgan fingerprint density at radius 3 is 2.67 bits per heavy atom.